The van der Waals surface area contributed by atoms with Gasteiger partial charge in [-0.15, -0.1) is 0 Å². The van der Waals surface area contributed by atoms with Gasteiger partial charge in [-0.3, -0.25) is 4.68 Å². The summed E-state index contributed by atoms with van der Waals surface area (Å²) >= 11 is 0. The highest BCUT2D eigenvalue weighted by atomic mass is 32.2. The number of anilines is 1. The third-order valence-corrected chi connectivity index (χ3v) is 5.14. The molecule has 7 heteroatoms. The summed E-state index contributed by atoms with van der Waals surface area (Å²) in [6.07, 6.45) is 3.45. The average Bonchev–Trinajstić information content (AvgIpc) is 2.85. The Labute approximate surface area is 125 Å². The van der Waals surface area contributed by atoms with Gasteiger partial charge in [0.2, 0.25) is 10.0 Å². The van der Waals surface area contributed by atoms with Crippen molar-refractivity contribution in [3.8, 4) is 0 Å². The lowest BCUT2D eigenvalue weighted by Gasteiger charge is -2.17. The molecule has 0 fully saturated rings. The van der Waals surface area contributed by atoms with Crippen molar-refractivity contribution in [2.75, 3.05) is 5.73 Å². The smallest absolute Gasteiger partial charge is 0.243 e. The Kier molecular flexibility index (Phi) is 4.34. The van der Waals surface area contributed by atoms with Crippen LogP contribution in [0, 0.1) is 13.8 Å². The summed E-state index contributed by atoms with van der Waals surface area (Å²) in [5, 5.41) is 4.07. The summed E-state index contributed by atoms with van der Waals surface area (Å²) < 4.78 is 29.4. The third-order valence-electron chi connectivity index (χ3n) is 3.35. The molecule has 0 aliphatic carbocycles. The Balaban J connectivity index is 2.25. The van der Waals surface area contributed by atoms with Gasteiger partial charge in [0, 0.05) is 18.4 Å². The highest BCUT2D eigenvalue weighted by Gasteiger charge is 2.23. The van der Waals surface area contributed by atoms with E-state index in [-0.39, 0.29) is 16.6 Å². The van der Waals surface area contributed by atoms with Gasteiger partial charge in [0.05, 0.1) is 12.2 Å². The molecular formula is C14H20N4O2S. The monoisotopic (exact) mass is 308 g/mol. The maximum absolute atomic E-state index is 12.5. The van der Waals surface area contributed by atoms with Crippen LogP contribution in [-0.4, -0.2) is 24.2 Å². The highest BCUT2D eigenvalue weighted by molar-refractivity contribution is 7.89. The van der Waals surface area contributed by atoms with Crippen molar-refractivity contribution in [1.82, 2.24) is 14.5 Å². The normalized spacial score (nSPS) is 13.3. The number of aryl methyl sites for hydroxylation is 1. The molecule has 21 heavy (non-hydrogen) atoms. The van der Waals surface area contributed by atoms with Gasteiger partial charge >= 0.3 is 0 Å². The van der Waals surface area contributed by atoms with E-state index in [1.165, 1.54) is 0 Å². The second-order valence-electron chi connectivity index (χ2n) is 5.18. The molecule has 1 heterocycles. The minimum Gasteiger partial charge on any atom is -0.398 e. The Morgan fingerprint density at radius 3 is 2.71 bits per heavy atom. The van der Waals surface area contributed by atoms with Gasteiger partial charge in [-0.25, -0.2) is 13.1 Å². The topological polar surface area (TPSA) is 90.0 Å². The van der Waals surface area contributed by atoms with E-state index < -0.39 is 10.0 Å². The molecule has 2 rings (SSSR count). The van der Waals surface area contributed by atoms with Crippen molar-refractivity contribution in [1.29, 1.82) is 0 Å². The second kappa shape index (κ2) is 5.87. The van der Waals surface area contributed by atoms with Crippen LogP contribution < -0.4 is 10.5 Å². The Morgan fingerprint density at radius 2 is 2.10 bits per heavy atom. The molecule has 114 valence electrons. The molecule has 0 spiro atoms. The molecule has 0 bridgehead atoms. The van der Waals surface area contributed by atoms with Gasteiger partial charge in [-0.2, -0.15) is 5.10 Å². The van der Waals surface area contributed by atoms with Crippen LogP contribution in [0.4, 0.5) is 5.69 Å². The SMILES string of the molecule is Cc1ccc(N)c(S(=O)(=O)NC(C)Cn2cccn2)c1C. The van der Waals surface area contributed by atoms with E-state index in [9.17, 15) is 8.42 Å². The van der Waals surface area contributed by atoms with Crippen LogP contribution in [0.1, 0.15) is 18.1 Å². The average molecular weight is 308 g/mol. The number of benzene rings is 1. The van der Waals surface area contributed by atoms with Crippen LogP contribution in [0.3, 0.4) is 0 Å². The minimum absolute atomic E-state index is 0.162. The van der Waals surface area contributed by atoms with Gasteiger partial charge in [-0.05, 0) is 44.0 Å². The molecular weight excluding hydrogens is 288 g/mol. The first-order chi connectivity index (χ1) is 9.81. The fraction of sp³-hybridized carbons (Fsp3) is 0.357. The van der Waals surface area contributed by atoms with Gasteiger partial charge in [0.25, 0.3) is 0 Å². The van der Waals surface area contributed by atoms with Gasteiger partial charge < -0.3 is 5.73 Å². The minimum atomic E-state index is -3.66. The molecule has 0 radical (unpaired) electrons. The number of nitrogens with two attached hydrogens (primary N) is 1. The number of nitrogens with one attached hydrogen (secondary N) is 1. The van der Waals surface area contributed by atoms with Crippen molar-refractivity contribution in [3.63, 3.8) is 0 Å². The molecule has 3 N–H and O–H groups in total. The van der Waals surface area contributed by atoms with Crippen molar-refractivity contribution in [2.24, 2.45) is 0 Å². The Hall–Kier alpha value is -1.86. The van der Waals surface area contributed by atoms with Crippen LogP contribution in [0.15, 0.2) is 35.5 Å². The molecule has 1 aromatic heterocycles. The fourth-order valence-electron chi connectivity index (χ4n) is 2.22. The van der Waals surface area contributed by atoms with E-state index >= 15 is 0 Å². The van der Waals surface area contributed by atoms with E-state index in [4.69, 9.17) is 5.73 Å². The molecule has 2 aromatic rings. The largest absolute Gasteiger partial charge is 0.398 e. The lowest BCUT2D eigenvalue weighted by atomic mass is 10.1. The molecule has 0 aliphatic rings. The van der Waals surface area contributed by atoms with Crippen molar-refractivity contribution >= 4 is 15.7 Å². The maximum Gasteiger partial charge on any atom is 0.243 e. The van der Waals surface area contributed by atoms with Crippen molar-refractivity contribution in [3.05, 3.63) is 41.7 Å². The molecule has 1 atom stereocenters. The number of nitrogens with zero attached hydrogens (tertiary/aromatic N) is 2. The predicted molar refractivity (Wildman–Crippen MR) is 82.3 cm³/mol. The van der Waals surface area contributed by atoms with E-state index in [0.29, 0.717) is 12.1 Å². The Bertz CT molecular complexity index is 724. The summed E-state index contributed by atoms with van der Waals surface area (Å²) in [7, 11) is -3.66. The number of aromatic nitrogens is 2. The first-order valence-corrected chi connectivity index (χ1v) is 8.15. The first kappa shape index (κ1) is 15.5. The summed E-state index contributed by atoms with van der Waals surface area (Å²) in [6.45, 7) is 5.87. The number of hydrogen-bond acceptors (Lipinski definition) is 4. The lowest BCUT2D eigenvalue weighted by molar-refractivity contribution is 0.494. The third kappa shape index (κ3) is 3.43. The van der Waals surface area contributed by atoms with Gasteiger partial charge in [0.1, 0.15) is 4.90 Å². The number of hydrogen-bond donors (Lipinski definition) is 2. The van der Waals surface area contributed by atoms with Gasteiger partial charge in [0.15, 0.2) is 0 Å². The van der Waals surface area contributed by atoms with E-state index in [0.717, 1.165) is 5.56 Å². The number of rotatable bonds is 5. The summed E-state index contributed by atoms with van der Waals surface area (Å²) in [4.78, 5) is 0.162. The summed E-state index contributed by atoms with van der Waals surface area (Å²) in [5.41, 5.74) is 7.68. The van der Waals surface area contributed by atoms with E-state index in [1.54, 1.807) is 43.1 Å². The van der Waals surface area contributed by atoms with Crippen LogP contribution >= 0.6 is 0 Å². The van der Waals surface area contributed by atoms with E-state index in [2.05, 4.69) is 9.82 Å². The lowest BCUT2D eigenvalue weighted by Crippen LogP contribution is -2.36. The van der Waals surface area contributed by atoms with Crippen LogP contribution in [0.25, 0.3) is 0 Å². The molecule has 1 unspecified atom stereocenters. The second-order valence-corrected chi connectivity index (χ2v) is 6.83. The number of sulfonamides is 1. The van der Waals surface area contributed by atoms with Crippen LogP contribution in [-0.2, 0) is 16.6 Å². The molecule has 1 aromatic carbocycles. The standard InChI is InChI=1S/C14H20N4O2S/c1-10-5-6-13(15)14(12(10)3)21(19,20)17-11(2)9-18-8-4-7-16-18/h4-8,11,17H,9,15H2,1-3H3. The van der Waals surface area contributed by atoms with E-state index in [1.807, 2.05) is 13.0 Å². The molecule has 0 amide bonds. The fourth-order valence-corrected chi connectivity index (χ4v) is 3.88. The summed E-state index contributed by atoms with van der Waals surface area (Å²) in [6, 6.07) is 4.93. The van der Waals surface area contributed by atoms with Crippen LogP contribution in [0.2, 0.25) is 0 Å². The predicted octanol–water partition coefficient (Wildman–Crippen LogP) is 1.45. The Morgan fingerprint density at radius 1 is 1.38 bits per heavy atom. The van der Waals surface area contributed by atoms with Gasteiger partial charge in [-0.1, -0.05) is 6.07 Å². The summed E-state index contributed by atoms with van der Waals surface area (Å²) in [5.74, 6) is 0. The quantitative estimate of drug-likeness (QED) is 0.818. The highest BCUT2D eigenvalue weighted by Crippen LogP contribution is 2.25. The molecule has 0 saturated carbocycles. The zero-order valence-electron chi connectivity index (χ0n) is 12.4. The van der Waals surface area contributed by atoms with Crippen LogP contribution in [0.5, 0.6) is 0 Å². The van der Waals surface area contributed by atoms with Crippen molar-refractivity contribution < 1.29 is 8.42 Å². The maximum atomic E-state index is 12.5. The zero-order chi connectivity index (χ0) is 15.6. The number of nitrogen functional groups attached to an aromatic ring is 1. The molecule has 6 nitrogen and oxygen atoms in total. The first-order valence-electron chi connectivity index (χ1n) is 6.66. The molecule has 0 saturated heterocycles. The van der Waals surface area contributed by atoms with Crippen molar-refractivity contribution in [2.45, 2.75) is 38.3 Å². The zero-order valence-corrected chi connectivity index (χ0v) is 13.2. The molecule has 0 aliphatic heterocycles.